The first-order valence-electron chi connectivity index (χ1n) is 11.6. The van der Waals surface area contributed by atoms with E-state index in [1.165, 1.54) is 4.90 Å². The smallest absolute Gasteiger partial charge is 0.305 e. The summed E-state index contributed by atoms with van der Waals surface area (Å²) in [5.41, 5.74) is 2.82. The number of amides is 2. The maximum atomic E-state index is 13.4. The van der Waals surface area contributed by atoms with Crippen LogP contribution in [0.25, 0.3) is 11.1 Å². The van der Waals surface area contributed by atoms with Gasteiger partial charge < -0.3 is 24.8 Å². The van der Waals surface area contributed by atoms with Crippen molar-refractivity contribution in [2.75, 3.05) is 19.9 Å². The summed E-state index contributed by atoms with van der Waals surface area (Å²) in [5.74, 6) is -2.51. The van der Waals surface area contributed by atoms with Crippen molar-refractivity contribution in [3.63, 3.8) is 0 Å². The number of aliphatic carboxylic acids is 1. The van der Waals surface area contributed by atoms with Crippen LogP contribution in [-0.4, -0.2) is 65.5 Å². The van der Waals surface area contributed by atoms with Crippen molar-refractivity contribution in [3.05, 3.63) is 47.5 Å². The van der Waals surface area contributed by atoms with E-state index >= 15 is 0 Å². The maximum Gasteiger partial charge on any atom is 0.305 e. The number of Topliss-reactive ketones (excluding diaryl/α,β-unsaturated/α-hetero) is 1. The van der Waals surface area contributed by atoms with Gasteiger partial charge in [-0.1, -0.05) is 32.0 Å². The van der Waals surface area contributed by atoms with Gasteiger partial charge in [-0.25, -0.2) is 4.39 Å². The number of halogens is 1. The number of ether oxygens (including phenoxy) is 2. The Kier molecular flexibility index (Phi) is 7.23. The number of carbonyl (C=O) groups is 4. The monoisotopic (exact) mass is 498 g/mol. The molecule has 2 N–H and O–H groups in total. The Labute approximate surface area is 207 Å². The Hall–Kier alpha value is -3.95. The number of carbonyl (C=O) groups excluding carboxylic acids is 3. The number of nitrogens with one attached hydrogen (secondary N) is 1. The normalized spacial score (nSPS) is 15.9. The molecule has 2 aromatic carbocycles. The molecule has 0 fully saturated rings. The summed E-state index contributed by atoms with van der Waals surface area (Å²) in [4.78, 5) is 50.8. The molecule has 0 saturated heterocycles. The zero-order chi connectivity index (χ0) is 26.0. The first-order valence-corrected chi connectivity index (χ1v) is 11.6. The number of ketones is 1. The number of alkyl halides is 1. The Morgan fingerprint density at radius 1 is 1.06 bits per heavy atom. The highest BCUT2D eigenvalue weighted by atomic mass is 19.1. The highest BCUT2D eigenvalue weighted by Crippen LogP contribution is 2.36. The molecule has 2 amide bonds. The first kappa shape index (κ1) is 25.2. The van der Waals surface area contributed by atoms with Gasteiger partial charge in [-0.2, -0.15) is 0 Å². The van der Waals surface area contributed by atoms with Crippen molar-refractivity contribution < 1.29 is 38.1 Å². The van der Waals surface area contributed by atoms with E-state index in [0.717, 1.165) is 16.7 Å². The lowest BCUT2D eigenvalue weighted by molar-refractivity contribution is -0.140. The molecule has 0 spiro atoms. The minimum absolute atomic E-state index is 0.173. The standard InChI is InChI=1S/C26H27FN2O7/c1-14(2)24(25(33)28-19(11-23(31)32)20(30)12-27)29-13-17-4-3-15(9-18(17)26(29)34)16-5-6-21-22(10-16)36-8-7-35-21/h3-6,9-10,14,19,24H,7-8,11-13H2,1-2H3,(H,28,33)(H,31,32). The van der Waals surface area contributed by atoms with E-state index in [0.29, 0.717) is 30.3 Å². The second kappa shape index (κ2) is 10.3. The summed E-state index contributed by atoms with van der Waals surface area (Å²) in [5, 5.41) is 11.4. The molecule has 9 nitrogen and oxygen atoms in total. The quantitative estimate of drug-likeness (QED) is 0.545. The molecule has 2 heterocycles. The zero-order valence-electron chi connectivity index (χ0n) is 20.0. The van der Waals surface area contributed by atoms with Gasteiger partial charge in [0.1, 0.15) is 32.0 Å². The van der Waals surface area contributed by atoms with Gasteiger partial charge in [0.15, 0.2) is 17.3 Å². The van der Waals surface area contributed by atoms with Crippen LogP contribution < -0.4 is 14.8 Å². The summed E-state index contributed by atoms with van der Waals surface area (Å²) in [6, 6.07) is 8.52. The highest BCUT2D eigenvalue weighted by molar-refractivity contribution is 6.03. The lowest BCUT2D eigenvalue weighted by Crippen LogP contribution is -2.54. The van der Waals surface area contributed by atoms with Crippen molar-refractivity contribution in [1.29, 1.82) is 0 Å². The second-order valence-corrected chi connectivity index (χ2v) is 9.11. The van der Waals surface area contributed by atoms with Gasteiger partial charge in [-0.3, -0.25) is 19.2 Å². The van der Waals surface area contributed by atoms with Gasteiger partial charge in [0.05, 0.1) is 6.42 Å². The lowest BCUT2D eigenvalue weighted by atomic mass is 9.99. The average Bonchev–Trinajstić information content (AvgIpc) is 3.17. The number of rotatable bonds is 9. The van der Waals surface area contributed by atoms with Crippen LogP contribution in [0.5, 0.6) is 11.5 Å². The molecule has 0 radical (unpaired) electrons. The average molecular weight is 499 g/mol. The Balaban J connectivity index is 1.57. The van der Waals surface area contributed by atoms with Crippen molar-refractivity contribution in [3.8, 4) is 22.6 Å². The third-order valence-electron chi connectivity index (χ3n) is 6.27. The topological polar surface area (TPSA) is 122 Å². The molecule has 2 atom stereocenters. The first-order chi connectivity index (χ1) is 17.2. The molecule has 0 aliphatic carbocycles. The molecule has 36 heavy (non-hydrogen) atoms. The van der Waals surface area contributed by atoms with E-state index in [4.69, 9.17) is 14.6 Å². The number of fused-ring (bicyclic) bond motifs is 2. The van der Waals surface area contributed by atoms with Gasteiger partial charge in [-0.05, 0) is 40.8 Å². The molecule has 4 rings (SSSR count). The Morgan fingerprint density at radius 2 is 1.72 bits per heavy atom. The summed E-state index contributed by atoms with van der Waals surface area (Å²) in [6.07, 6.45) is -0.744. The zero-order valence-corrected chi connectivity index (χ0v) is 20.0. The third-order valence-corrected chi connectivity index (χ3v) is 6.27. The van der Waals surface area contributed by atoms with E-state index in [2.05, 4.69) is 5.32 Å². The molecular formula is C26H27FN2O7. The molecule has 2 aliphatic rings. The summed E-state index contributed by atoms with van der Waals surface area (Å²) >= 11 is 0. The molecule has 0 bridgehead atoms. The SMILES string of the molecule is CC(C)C(C(=O)NC(CC(=O)O)C(=O)CF)N1Cc2ccc(-c3ccc4c(c3)OCCO4)cc2C1=O. The maximum absolute atomic E-state index is 13.4. The highest BCUT2D eigenvalue weighted by Gasteiger charge is 2.39. The fourth-order valence-electron chi connectivity index (χ4n) is 4.53. The predicted octanol–water partition coefficient (Wildman–Crippen LogP) is 2.60. The van der Waals surface area contributed by atoms with E-state index < -0.39 is 42.8 Å². The van der Waals surface area contributed by atoms with Crippen LogP contribution in [0.3, 0.4) is 0 Å². The largest absolute Gasteiger partial charge is 0.486 e. The van der Waals surface area contributed by atoms with Gasteiger partial charge in [0.2, 0.25) is 5.91 Å². The van der Waals surface area contributed by atoms with Gasteiger partial charge in [-0.15, -0.1) is 0 Å². The van der Waals surface area contributed by atoms with E-state index in [1.54, 1.807) is 19.9 Å². The van der Waals surface area contributed by atoms with Gasteiger partial charge in [0, 0.05) is 12.1 Å². The minimum atomic E-state index is -1.51. The van der Waals surface area contributed by atoms with Crippen molar-refractivity contribution in [2.24, 2.45) is 5.92 Å². The fraction of sp³-hybridized carbons (Fsp3) is 0.385. The summed E-state index contributed by atoms with van der Waals surface area (Å²) in [7, 11) is 0. The molecule has 2 aliphatic heterocycles. The number of hydrogen-bond donors (Lipinski definition) is 2. The van der Waals surface area contributed by atoms with Crippen LogP contribution in [-0.2, 0) is 20.9 Å². The van der Waals surface area contributed by atoms with Crippen molar-refractivity contribution in [1.82, 2.24) is 10.2 Å². The lowest BCUT2D eigenvalue weighted by Gasteiger charge is -2.31. The number of carboxylic acid groups (broad SMARTS) is 1. The van der Waals surface area contributed by atoms with Gasteiger partial charge >= 0.3 is 5.97 Å². The third kappa shape index (κ3) is 5.02. The van der Waals surface area contributed by atoms with Crippen molar-refractivity contribution >= 4 is 23.6 Å². The Morgan fingerprint density at radius 3 is 2.39 bits per heavy atom. The molecular weight excluding hydrogens is 471 g/mol. The fourth-order valence-corrected chi connectivity index (χ4v) is 4.53. The number of nitrogens with zero attached hydrogens (tertiary/aromatic N) is 1. The van der Waals surface area contributed by atoms with E-state index in [1.807, 2.05) is 30.3 Å². The van der Waals surface area contributed by atoms with Crippen LogP contribution in [0, 0.1) is 5.92 Å². The minimum Gasteiger partial charge on any atom is -0.486 e. The summed E-state index contributed by atoms with van der Waals surface area (Å²) in [6.45, 7) is 3.19. The van der Waals surface area contributed by atoms with Gasteiger partial charge in [0.25, 0.3) is 5.91 Å². The predicted molar refractivity (Wildman–Crippen MR) is 127 cm³/mol. The summed E-state index contributed by atoms with van der Waals surface area (Å²) < 4.78 is 24.2. The van der Waals surface area contributed by atoms with Crippen LogP contribution in [0.4, 0.5) is 4.39 Å². The number of carboxylic acids is 1. The molecule has 2 unspecified atom stereocenters. The van der Waals surface area contributed by atoms with Crippen molar-refractivity contribution in [2.45, 2.75) is 38.9 Å². The molecule has 190 valence electrons. The number of hydrogen-bond acceptors (Lipinski definition) is 6. The number of benzene rings is 2. The second-order valence-electron chi connectivity index (χ2n) is 9.11. The molecule has 0 aromatic heterocycles. The van der Waals surface area contributed by atoms with Crippen LogP contribution >= 0.6 is 0 Å². The van der Waals surface area contributed by atoms with Crippen LogP contribution in [0.2, 0.25) is 0 Å². The Bertz CT molecular complexity index is 1210. The van der Waals surface area contributed by atoms with Crippen LogP contribution in [0.1, 0.15) is 36.2 Å². The van der Waals surface area contributed by atoms with E-state index in [9.17, 15) is 23.6 Å². The van der Waals surface area contributed by atoms with E-state index in [-0.39, 0.29) is 18.4 Å². The molecule has 0 saturated carbocycles. The van der Waals surface area contributed by atoms with Crippen LogP contribution in [0.15, 0.2) is 36.4 Å². The molecule has 2 aromatic rings. The molecule has 10 heteroatoms.